The van der Waals surface area contributed by atoms with Gasteiger partial charge in [0.1, 0.15) is 17.8 Å². The van der Waals surface area contributed by atoms with E-state index < -0.39 is 11.8 Å². The lowest BCUT2D eigenvalue weighted by Crippen LogP contribution is -2.25. The van der Waals surface area contributed by atoms with Crippen LogP contribution in [0, 0.1) is 12.7 Å². The first-order valence-corrected chi connectivity index (χ1v) is 8.59. The van der Waals surface area contributed by atoms with Gasteiger partial charge in [0, 0.05) is 24.0 Å². The Kier molecular flexibility index (Phi) is 5.40. The molecule has 0 bridgehead atoms. The lowest BCUT2D eigenvalue weighted by molar-refractivity contribution is 0.0937. The topological polar surface area (TPSA) is 119 Å². The van der Waals surface area contributed by atoms with E-state index >= 15 is 0 Å². The molecule has 3 aromatic rings. The highest BCUT2D eigenvalue weighted by Gasteiger charge is 2.22. The number of aryl methyl sites for hydroxylation is 1. The van der Waals surface area contributed by atoms with Crippen molar-refractivity contribution >= 4 is 23.4 Å². The molecular formula is C20H18FN5O3. The highest BCUT2D eigenvalue weighted by molar-refractivity contribution is 6.05. The number of nitrogens with zero attached hydrogens (tertiary/aromatic N) is 2. The quantitative estimate of drug-likeness (QED) is 0.612. The Morgan fingerprint density at radius 3 is 2.34 bits per heavy atom. The summed E-state index contributed by atoms with van der Waals surface area (Å²) in [6.07, 6.45) is 1.32. The van der Waals surface area contributed by atoms with E-state index in [0.29, 0.717) is 22.5 Å². The standard InChI is InChI=1S/C20H18FN5O3/c1-11-9-12(3-8-15(11)21)19(28)25-13-4-6-14(7-5-13)26-10-24-16(20(29)23-2)17(26)18(22)27/h3-10H,1-2H3,(H2,22,27)(H,23,29)(H,25,28). The Morgan fingerprint density at radius 2 is 1.76 bits per heavy atom. The summed E-state index contributed by atoms with van der Waals surface area (Å²) in [6, 6.07) is 10.6. The van der Waals surface area contributed by atoms with Crippen LogP contribution in [-0.2, 0) is 0 Å². The van der Waals surface area contributed by atoms with Crippen LogP contribution in [-0.4, -0.2) is 34.3 Å². The van der Waals surface area contributed by atoms with E-state index in [1.54, 1.807) is 31.2 Å². The van der Waals surface area contributed by atoms with Crippen LogP contribution in [0.4, 0.5) is 10.1 Å². The van der Waals surface area contributed by atoms with Gasteiger partial charge in [-0.3, -0.25) is 19.0 Å². The fourth-order valence-corrected chi connectivity index (χ4v) is 2.76. The van der Waals surface area contributed by atoms with Gasteiger partial charge in [0.25, 0.3) is 17.7 Å². The third-order valence-corrected chi connectivity index (χ3v) is 4.27. The van der Waals surface area contributed by atoms with E-state index in [4.69, 9.17) is 5.73 Å². The summed E-state index contributed by atoms with van der Waals surface area (Å²) in [7, 11) is 1.42. The van der Waals surface area contributed by atoms with Crippen LogP contribution in [0.3, 0.4) is 0 Å². The Bertz CT molecular complexity index is 1110. The number of carbonyl (C=O) groups is 3. The van der Waals surface area contributed by atoms with Crippen LogP contribution < -0.4 is 16.4 Å². The van der Waals surface area contributed by atoms with Gasteiger partial charge < -0.3 is 16.4 Å². The second kappa shape index (κ2) is 7.93. The molecule has 4 N–H and O–H groups in total. The minimum atomic E-state index is -0.801. The van der Waals surface area contributed by atoms with Crippen LogP contribution >= 0.6 is 0 Å². The van der Waals surface area contributed by atoms with E-state index in [-0.39, 0.29) is 23.1 Å². The number of aromatic nitrogens is 2. The molecule has 0 saturated carbocycles. The Labute approximate surface area is 165 Å². The van der Waals surface area contributed by atoms with Gasteiger partial charge in [-0.15, -0.1) is 0 Å². The maximum absolute atomic E-state index is 13.4. The number of amides is 3. The van der Waals surface area contributed by atoms with Crippen LogP contribution in [0.5, 0.6) is 0 Å². The number of halogens is 1. The SMILES string of the molecule is CNC(=O)c1ncn(-c2ccc(NC(=O)c3ccc(F)c(C)c3)cc2)c1C(N)=O. The minimum Gasteiger partial charge on any atom is -0.364 e. The Morgan fingerprint density at radius 1 is 1.07 bits per heavy atom. The van der Waals surface area contributed by atoms with Gasteiger partial charge in [0.15, 0.2) is 5.69 Å². The normalized spacial score (nSPS) is 10.4. The number of rotatable bonds is 5. The monoisotopic (exact) mass is 395 g/mol. The minimum absolute atomic E-state index is 0.0528. The second-order valence-corrected chi connectivity index (χ2v) is 6.22. The van der Waals surface area contributed by atoms with E-state index in [0.717, 1.165) is 0 Å². The number of anilines is 1. The molecule has 0 aliphatic carbocycles. The highest BCUT2D eigenvalue weighted by Crippen LogP contribution is 2.19. The van der Waals surface area contributed by atoms with Crippen molar-refractivity contribution in [2.24, 2.45) is 5.73 Å². The average Bonchev–Trinajstić information content (AvgIpc) is 3.15. The van der Waals surface area contributed by atoms with Crippen molar-refractivity contribution in [2.45, 2.75) is 6.92 Å². The Hall–Kier alpha value is -4.01. The average molecular weight is 395 g/mol. The summed E-state index contributed by atoms with van der Waals surface area (Å²) in [4.78, 5) is 40.0. The summed E-state index contributed by atoms with van der Waals surface area (Å²) < 4.78 is 14.8. The third-order valence-electron chi connectivity index (χ3n) is 4.27. The van der Waals surface area contributed by atoms with Gasteiger partial charge in [0.2, 0.25) is 0 Å². The molecule has 0 aliphatic rings. The van der Waals surface area contributed by atoms with Crippen molar-refractivity contribution in [3.63, 3.8) is 0 Å². The summed E-state index contributed by atoms with van der Waals surface area (Å²) >= 11 is 0. The van der Waals surface area contributed by atoms with Crippen molar-refractivity contribution in [1.29, 1.82) is 0 Å². The highest BCUT2D eigenvalue weighted by atomic mass is 19.1. The molecule has 1 aromatic heterocycles. The molecule has 29 heavy (non-hydrogen) atoms. The molecule has 2 aromatic carbocycles. The van der Waals surface area contributed by atoms with Crippen LogP contribution in [0.25, 0.3) is 5.69 Å². The molecule has 0 atom stereocenters. The molecule has 0 aliphatic heterocycles. The summed E-state index contributed by atoms with van der Waals surface area (Å²) in [5.41, 5.74) is 7.00. The number of hydrogen-bond acceptors (Lipinski definition) is 4. The number of benzene rings is 2. The fraction of sp³-hybridized carbons (Fsp3) is 0.100. The molecule has 0 radical (unpaired) electrons. The van der Waals surface area contributed by atoms with Gasteiger partial charge in [-0.2, -0.15) is 0 Å². The number of hydrogen-bond donors (Lipinski definition) is 3. The van der Waals surface area contributed by atoms with Crippen molar-refractivity contribution in [3.05, 3.63) is 77.1 Å². The van der Waals surface area contributed by atoms with Crippen molar-refractivity contribution < 1.29 is 18.8 Å². The molecule has 3 rings (SSSR count). The zero-order valence-electron chi connectivity index (χ0n) is 15.7. The number of primary amides is 1. The zero-order valence-corrected chi connectivity index (χ0v) is 15.7. The lowest BCUT2D eigenvalue weighted by Gasteiger charge is -2.10. The van der Waals surface area contributed by atoms with Crippen LogP contribution in [0.15, 0.2) is 48.8 Å². The first kappa shape index (κ1) is 19.7. The van der Waals surface area contributed by atoms with E-state index in [2.05, 4.69) is 15.6 Å². The molecule has 0 unspecified atom stereocenters. The lowest BCUT2D eigenvalue weighted by atomic mass is 10.1. The van der Waals surface area contributed by atoms with E-state index in [9.17, 15) is 18.8 Å². The van der Waals surface area contributed by atoms with Crippen molar-refractivity contribution in [3.8, 4) is 5.69 Å². The molecule has 0 saturated heterocycles. The Balaban J connectivity index is 1.84. The van der Waals surface area contributed by atoms with Gasteiger partial charge in [0.05, 0.1) is 0 Å². The number of nitrogens with one attached hydrogen (secondary N) is 2. The van der Waals surface area contributed by atoms with Gasteiger partial charge in [-0.25, -0.2) is 9.37 Å². The van der Waals surface area contributed by atoms with E-state index in [1.807, 2.05) is 0 Å². The molecule has 1 heterocycles. The molecule has 148 valence electrons. The molecule has 9 heteroatoms. The third kappa shape index (κ3) is 3.98. The molecule has 8 nitrogen and oxygen atoms in total. The fourth-order valence-electron chi connectivity index (χ4n) is 2.76. The maximum Gasteiger partial charge on any atom is 0.272 e. The summed E-state index contributed by atoms with van der Waals surface area (Å²) in [5.74, 6) is -2.10. The molecular weight excluding hydrogens is 377 g/mol. The van der Waals surface area contributed by atoms with Gasteiger partial charge in [-0.05, 0) is 55.0 Å². The summed E-state index contributed by atoms with van der Waals surface area (Å²) in [6.45, 7) is 1.58. The zero-order chi connectivity index (χ0) is 21.1. The second-order valence-electron chi connectivity index (χ2n) is 6.22. The number of carbonyl (C=O) groups excluding carboxylic acids is 3. The number of nitrogens with two attached hydrogens (primary N) is 1. The van der Waals surface area contributed by atoms with Crippen molar-refractivity contribution in [1.82, 2.24) is 14.9 Å². The first-order chi connectivity index (χ1) is 13.8. The van der Waals surface area contributed by atoms with Crippen LogP contribution in [0.2, 0.25) is 0 Å². The van der Waals surface area contributed by atoms with E-state index in [1.165, 1.54) is 36.1 Å². The van der Waals surface area contributed by atoms with Gasteiger partial charge in [-0.1, -0.05) is 0 Å². The predicted molar refractivity (Wildman–Crippen MR) is 105 cm³/mol. The maximum atomic E-state index is 13.4. The first-order valence-electron chi connectivity index (χ1n) is 8.59. The predicted octanol–water partition coefficient (Wildman–Crippen LogP) is 2.03. The smallest absolute Gasteiger partial charge is 0.272 e. The van der Waals surface area contributed by atoms with Gasteiger partial charge >= 0.3 is 0 Å². The summed E-state index contributed by atoms with van der Waals surface area (Å²) in [5, 5.41) is 5.11. The van der Waals surface area contributed by atoms with Crippen LogP contribution in [0.1, 0.15) is 36.9 Å². The van der Waals surface area contributed by atoms with Crippen molar-refractivity contribution in [2.75, 3.05) is 12.4 Å². The molecule has 0 spiro atoms. The molecule has 0 fully saturated rings. The molecule has 3 amide bonds. The largest absolute Gasteiger partial charge is 0.364 e. The number of imidazole rings is 1.